The summed E-state index contributed by atoms with van der Waals surface area (Å²) in [4.78, 5) is 26.9. The SMILES string of the molecule is CC1(C(=O)OCCSSc2ccccn2)COC(=O)OC1. The van der Waals surface area contributed by atoms with Crippen LogP contribution in [0.15, 0.2) is 29.4 Å². The summed E-state index contributed by atoms with van der Waals surface area (Å²) in [7, 11) is 3.08. The van der Waals surface area contributed by atoms with Crippen LogP contribution < -0.4 is 0 Å². The number of hydrogen-bond donors (Lipinski definition) is 0. The molecule has 1 aliphatic heterocycles. The van der Waals surface area contributed by atoms with Gasteiger partial charge in [0.15, 0.2) is 0 Å². The molecule has 0 aromatic carbocycles. The molecule has 0 spiro atoms. The molecule has 21 heavy (non-hydrogen) atoms. The zero-order valence-corrected chi connectivity index (χ0v) is 13.1. The van der Waals surface area contributed by atoms with E-state index in [4.69, 9.17) is 14.2 Å². The van der Waals surface area contributed by atoms with Gasteiger partial charge in [-0.3, -0.25) is 4.79 Å². The lowest BCUT2D eigenvalue weighted by Gasteiger charge is -2.29. The first-order valence-electron chi connectivity index (χ1n) is 6.27. The number of ether oxygens (including phenoxy) is 3. The molecule has 1 aromatic rings. The highest BCUT2D eigenvalue weighted by atomic mass is 33.1. The molecule has 6 nitrogen and oxygen atoms in total. The van der Waals surface area contributed by atoms with Crippen molar-refractivity contribution < 1.29 is 23.8 Å². The quantitative estimate of drug-likeness (QED) is 0.448. The maximum atomic E-state index is 11.9. The molecule has 1 fully saturated rings. The molecule has 0 saturated carbocycles. The summed E-state index contributed by atoms with van der Waals surface area (Å²) in [6.07, 6.45) is 0.983. The predicted molar refractivity (Wildman–Crippen MR) is 78.9 cm³/mol. The summed E-state index contributed by atoms with van der Waals surface area (Å²) in [5.41, 5.74) is -0.924. The molecule has 1 aromatic heterocycles. The number of carbonyl (C=O) groups excluding carboxylic acids is 2. The zero-order valence-electron chi connectivity index (χ0n) is 11.4. The second-order valence-electron chi connectivity index (χ2n) is 4.60. The number of carbonyl (C=O) groups is 2. The lowest BCUT2D eigenvalue weighted by molar-refractivity contribution is -0.165. The fraction of sp³-hybridized carbons (Fsp3) is 0.462. The number of pyridine rings is 1. The normalized spacial score (nSPS) is 16.7. The van der Waals surface area contributed by atoms with Crippen LogP contribution in [0.3, 0.4) is 0 Å². The van der Waals surface area contributed by atoms with Gasteiger partial charge in [-0.25, -0.2) is 9.78 Å². The van der Waals surface area contributed by atoms with E-state index in [2.05, 4.69) is 4.98 Å². The molecular weight excluding hydrogens is 314 g/mol. The van der Waals surface area contributed by atoms with Gasteiger partial charge in [-0.15, -0.1) is 0 Å². The Morgan fingerprint density at radius 1 is 1.43 bits per heavy atom. The molecule has 0 bridgehead atoms. The number of nitrogens with zero attached hydrogens (tertiary/aromatic N) is 1. The van der Waals surface area contributed by atoms with Gasteiger partial charge < -0.3 is 14.2 Å². The summed E-state index contributed by atoms with van der Waals surface area (Å²) in [6.45, 7) is 1.91. The predicted octanol–water partition coefficient (Wildman–Crippen LogP) is 2.54. The number of esters is 1. The van der Waals surface area contributed by atoms with Crippen molar-refractivity contribution >= 4 is 33.7 Å². The Balaban J connectivity index is 1.64. The van der Waals surface area contributed by atoms with Crippen LogP contribution in [0.1, 0.15) is 6.92 Å². The highest BCUT2D eigenvalue weighted by Crippen LogP contribution is 2.29. The van der Waals surface area contributed by atoms with Crippen molar-refractivity contribution in [2.24, 2.45) is 5.41 Å². The third-order valence-corrected chi connectivity index (χ3v) is 4.92. The van der Waals surface area contributed by atoms with Crippen molar-refractivity contribution in [2.45, 2.75) is 11.9 Å². The first-order valence-corrected chi connectivity index (χ1v) is 8.59. The Kier molecular flexibility index (Phi) is 5.75. The molecule has 2 rings (SSSR count). The van der Waals surface area contributed by atoms with Crippen molar-refractivity contribution in [3.05, 3.63) is 24.4 Å². The minimum Gasteiger partial charge on any atom is -0.464 e. The fourth-order valence-electron chi connectivity index (χ4n) is 1.48. The molecule has 0 amide bonds. The Morgan fingerprint density at radius 2 is 2.19 bits per heavy atom. The molecule has 0 aliphatic carbocycles. The van der Waals surface area contributed by atoms with E-state index in [0.29, 0.717) is 5.75 Å². The number of aromatic nitrogens is 1. The lowest BCUT2D eigenvalue weighted by Crippen LogP contribution is -2.44. The maximum Gasteiger partial charge on any atom is 0.508 e. The van der Waals surface area contributed by atoms with E-state index in [1.165, 1.54) is 10.8 Å². The number of hydrogen-bond acceptors (Lipinski definition) is 8. The van der Waals surface area contributed by atoms with Crippen LogP contribution >= 0.6 is 21.6 Å². The van der Waals surface area contributed by atoms with E-state index >= 15 is 0 Å². The maximum absolute atomic E-state index is 11.9. The van der Waals surface area contributed by atoms with E-state index < -0.39 is 17.5 Å². The van der Waals surface area contributed by atoms with E-state index in [1.807, 2.05) is 18.2 Å². The van der Waals surface area contributed by atoms with Crippen molar-refractivity contribution in [2.75, 3.05) is 25.6 Å². The Morgan fingerprint density at radius 3 is 2.86 bits per heavy atom. The van der Waals surface area contributed by atoms with Gasteiger partial charge in [-0.1, -0.05) is 16.9 Å². The second kappa shape index (κ2) is 7.56. The molecule has 1 saturated heterocycles. The van der Waals surface area contributed by atoms with Gasteiger partial charge in [-0.05, 0) is 29.9 Å². The fourth-order valence-corrected chi connectivity index (χ4v) is 3.18. The summed E-state index contributed by atoms with van der Waals surface area (Å²) in [5.74, 6) is 0.224. The molecular formula is C13H15NO5S2. The van der Waals surface area contributed by atoms with Gasteiger partial charge in [0, 0.05) is 11.9 Å². The van der Waals surface area contributed by atoms with E-state index in [1.54, 1.807) is 23.9 Å². The highest BCUT2D eigenvalue weighted by Gasteiger charge is 2.41. The molecule has 2 heterocycles. The first kappa shape index (κ1) is 16.0. The average Bonchev–Trinajstić information content (AvgIpc) is 2.51. The van der Waals surface area contributed by atoms with E-state index in [-0.39, 0.29) is 19.8 Å². The van der Waals surface area contributed by atoms with Gasteiger partial charge in [-0.2, -0.15) is 0 Å². The van der Waals surface area contributed by atoms with Crippen molar-refractivity contribution in [1.29, 1.82) is 0 Å². The molecule has 0 N–H and O–H groups in total. The summed E-state index contributed by atoms with van der Waals surface area (Å²) < 4.78 is 14.6. The standard InChI is InChI=1S/C13H15NO5S2/c1-13(8-18-12(16)19-9-13)11(15)17-6-7-20-21-10-4-2-3-5-14-10/h2-5H,6-9H2,1H3. The Labute approximate surface area is 130 Å². The summed E-state index contributed by atoms with van der Waals surface area (Å²) in [5, 5.41) is 0.911. The third-order valence-electron chi connectivity index (χ3n) is 2.69. The monoisotopic (exact) mass is 329 g/mol. The largest absolute Gasteiger partial charge is 0.508 e. The molecule has 0 atom stereocenters. The van der Waals surface area contributed by atoms with Crippen LogP contribution in [0.4, 0.5) is 4.79 Å². The second-order valence-corrected chi connectivity index (χ2v) is 7.03. The average molecular weight is 329 g/mol. The smallest absolute Gasteiger partial charge is 0.464 e. The van der Waals surface area contributed by atoms with Crippen molar-refractivity contribution in [3.63, 3.8) is 0 Å². The minimum atomic E-state index is -0.924. The van der Waals surface area contributed by atoms with E-state index in [0.717, 1.165) is 5.03 Å². The lowest BCUT2D eigenvalue weighted by atomic mass is 9.93. The molecule has 114 valence electrons. The van der Waals surface area contributed by atoms with Gasteiger partial charge in [0.05, 0.1) is 0 Å². The zero-order chi connectivity index (χ0) is 15.1. The summed E-state index contributed by atoms with van der Waals surface area (Å²) in [6, 6.07) is 5.69. The highest BCUT2D eigenvalue weighted by molar-refractivity contribution is 8.76. The van der Waals surface area contributed by atoms with Crippen LogP contribution in [0.5, 0.6) is 0 Å². The van der Waals surface area contributed by atoms with Crippen molar-refractivity contribution in [3.8, 4) is 0 Å². The molecule has 0 unspecified atom stereocenters. The Bertz CT molecular complexity index is 487. The molecule has 0 radical (unpaired) electrons. The molecule has 8 heteroatoms. The molecule has 1 aliphatic rings. The van der Waals surface area contributed by atoms with Gasteiger partial charge in [0.2, 0.25) is 0 Å². The van der Waals surface area contributed by atoms with Gasteiger partial charge >= 0.3 is 12.1 Å². The van der Waals surface area contributed by atoms with Crippen LogP contribution in [0.2, 0.25) is 0 Å². The van der Waals surface area contributed by atoms with Gasteiger partial charge in [0.25, 0.3) is 0 Å². The van der Waals surface area contributed by atoms with Crippen LogP contribution in [0.25, 0.3) is 0 Å². The van der Waals surface area contributed by atoms with E-state index in [9.17, 15) is 9.59 Å². The van der Waals surface area contributed by atoms with Crippen LogP contribution in [-0.4, -0.2) is 42.7 Å². The first-order chi connectivity index (χ1) is 10.1. The van der Waals surface area contributed by atoms with Gasteiger partial charge in [0.1, 0.15) is 30.3 Å². The minimum absolute atomic E-state index is 0.0134. The van der Waals surface area contributed by atoms with Crippen LogP contribution in [0, 0.1) is 5.41 Å². The van der Waals surface area contributed by atoms with Crippen LogP contribution in [-0.2, 0) is 19.0 Å². The van der Waals surface area contributed by atoms with Crippen molar-refractivity contribution in [1.82, 2.24) is 4.98 Å². The summed E-state index contributed by atoms with van der Waals surface area (Å²) >= 11 is 0. The third kappa shape index (κ3) is 4.82. The Hall–Kier alpha value is -1.41. The number of rotatable bonds is 6. The topological polar surface area (TPSA) is 74.7 Å². The number of cyclic esters (lactones) is 2.